The lowest BCUT2D eigenvalue weighted by Gasteiger charge is -2.07. The Balaban J connectivity index is 1.92. The van der Waals surface area contributed by atoms with Crippen molar-refractivity contribution in [3.63, 3.8) is 0 Å². The van der Waals surface area contributed by atoms with Crippen LogP contribution >= 0.6 is 11.8 Å². The minimum Gasteiger partial charge on any atom is -0.497 e. The lowest BCUT2D eigenvalue weighted by molar-refractivity contribution is -0.115. The van der Waals surface area contributed by atoms with E-state index in [1.165, 1.54) is 11.8 Å². The molecule has 3 rings (SSSR count). The fraction of sp³-hybridized carbons (Fsp3) is 0.200. The van der Waals surface area contributed by atoms with E-state index in [0.29, 0.717) is 21.6 Å². The number of carbonyl (C=O) groups is 1. The SMILES string of the molecule is COc1ccc(OC)c(/C=C2\SC(=Nc3cccc(C)c3C)NC2=O)c1. The van der Waals surface area contributed by atoms with Crippen molar-refractivity contribution in [1.82, 2.24) is 5.32 Å². The molecule has 1 saturated heterocycles. The van der Waals surface area contributed by atoms with Crippen LogP contribution in [0.2, 0.25) is 0 Å². The molecule has 1 heterocycles. The molecule has 0 atom stereocenters. The molecular formula is C20H20N2O3S. The molecular weight excluding hydrogens is 348 g/mol. The van der Waals surface area contributed by atoms with Crippen molar-refractivity contribution < 1.29 is 14.3 Å². The molecule has 0 aliphatic carbocycles. The maximum Gasteiger partial charge on any atom is 0.264 e. The Hall–Kier alpha value is -2.73. The van der Waals surface area contributed by atoms with Crippen LogP contribution in [-0.2, 0) is 4.79 Å². The highest BCUT2D eigenvalue weighted by molar-refractivity contribution is 8.18. The van der Waals surface area contributed by atoms with E-state index in [1.54, 1.807) is 20.3 Å². The highest BCUT2D eigenvalue weighted by Gasteiger charge is 2.24. The predicted molar refractivity (Wildman–Crippen MR) is 106 cm³/mol. The molecule has 1 fully saturated rings. The molecule has 1 aliphatic rings. The first-order valence-corrected chi connectivity index (χ1v) is 8.91. The van der Waals surface area contributed by atoms with Gasteiger partial charge in [0.05, 0.1) is 24.8 Å². The maximum absolute atomic E-state index is 12.3. The van der Waals surface area contributed by atoms with Gasteiger partial charge in [0, 0.05) is 5.56 Å². The third kappa shape index (κ3) is 3.75. The molecule has 0 spiro atoms. The summed E-state index contributed by atoms with van der Waals surface area (Å²) >= 11 is 1.31. The van der Waals surface area contributed by atoms with Crippen LogP contribution in [0.15, 0.2) is 46.3 Å². The number of methoxy groups -OCH3 is 2. The second-order valence-electron chi connectivity index (χ2n) is 5.81. The monoisotopic (exact) mass is 368 g/mol. The molecule has 5 nitrogen and oxygen atoms in total. The Bertz CT molecular complexity index is 919. The number of hydrogen-bond acceptors (Lipinski definition) is 5. The molecule has 2 aromatic rings. The largest absolute Gasteiger partial charge is 0.497 e. The van der Waals surface area contributed by atoms with Crippen LogP contribution < -0.4 is 14.8 Å². The van der Waals surface area contributed by atoms with E-state index < -0.39 is 0 Å². The number of carbonyl (C=O) groups excluding carboxylic acids is 1. The third-order valence-corrected chi connectivity index (χ3v) is 5.08. The molecule has 1 amide bonds. The van der Waals surface area contributed by atoms with Gasteiger partial charge in [0.1, 0.15) is 11.5 Å². The van der Waals surface area contributed by atoms with Crippen LogP contribution in [0.3, 0.4) is 0 Å². The average molecular weight is 368 g/mol. The van der Waals surface area contributed by atoms with Crippen LogP contribution in [0.25, 0.3) is 6.08 Å². The summed E-state index contributed by atoms with van der Waals surface area (Å²) in [6, 6.07) is 11.4. The number of benzene rings is 2. The third-order valence-electron chi connectivity index (χ3n) is 4.17. The standard InChI is InChI=1S/C20H20N2O3S/c1-12-6-5-7-16(13(12)2)21-20-22-19(23)18(26-20)11-14-10-15(24-3)8-9-17(14)25-4/h5-11H,1-4H3,(H,21,22,23)/b18-11-. The van der Waals surface area contributed by atoms with Gasteiger partial charge in [-0.1, -0.05) is 12.1 Å². The molecule has 0 unspecified atom stereocenters. The minimum atomic E-state index is -0.177. The highest BCUT2D eigenvalue weighted by Crippen LogP contribution is 2.33. The second kappa shape index (κ2) is 7.66. The van der Waals surface area contributed by atoms with E-state index >= 15 is 0 Å². The van der Waals surface area contributed by atoms with E-state index in [4.69, 9.17) is 9.47 Å². The summed E-state index contributed by atoms with van der Waals surface area (Å²) in [4.78, 5) is 17.5. The highest BCUT2D eigenvalue weighted by atomic mass is 32.2. The second-order valence-corrected chi connectivity index (χ2v) is 6.84. The normalized spacial score (nSPS) is 16.8. The lowest BCUT2D eigenvalue weighted by atomic mass is 10.1. The quantitative estimate of drug-likeness (QED) is 0.821. The molecule has 26 heavy (non-hydrogen) atoms. The summed E-state index contributed by atoms with van der Waals surface area (Å²) < 4.78 is 10.6. The number of nitrogens with one attached hydrogen (secondary N) is 1. The van der Waals surface area contributed by atoms with Gasteiger partial charge in [0.2, 0.25) is 0 Å². The van der Waals surface area contributed by atoms with Gasteiger partial charge >= 0.3 is 0 Å². The number of nitrogens with zero attached hydrogens (tertiary/aromatic N) is 1. The van der Waals surface area contributed by atoms with Crippen molar-refractivity contribution in [2.45, 2.75) is 13.8 Å². The van der Waals surface area contributed by atoms with Crippen LogP contribution in [0.4, 0.5) is 5.69 Å². The zero-order valence-corrected chi connectivity index (χ0v) is 15.9. The maximum atomic E-state index is 12.3. The number of aryl methyl sites for hydroxylation is 1. The van der Waals surface area contributed by atoms with Gasteiger partial charge < -0.3 is 14.8 Å². The summed E-state index contributed by atoms with van der Waals surface area (Å²) in [5.74, 6) is 1.20. The van der Waals surface area contributed by atoms with E-state index in [0.717, 1.165) is 22.4 Å². The summed E-state index contributed by atoms with van der Waals surface area (Å²) in [7, 11) is 3.20. The molecule has 1 N–H and O–H groups in total. The molecule has 0 aromatic heterocycles. The Morgan fingerprint density at radius 3 is 2.65 bits per heavy atom. The summed E-state index contributed by atoms with van der Waals surface area (Å²) in [6.45, 7) is 4.06. The van der Waals surface area contributed by atoms with Crippen LogP contribution in [0.1, 0.15) is 16.7 Å². The van der Waals surface area contributed by atoms with E-state index in [9.17, 15) is 4.79 Å². The van der Waals surface area contributed by atoms with E-state index in [1.807, 2.05) is 50.2 Å². The van der Waals surface area contributed by atoms with Gasteiger partial charge in [-0.15, -0.1) is 0 Å². The van der Waals surface area contributed by atoms with E-state index in [2.05, 4.69) is 10.3 Å². The number of hydrogen-bond donors (Lipinski definition) is 1. The fourth-order valence-corrected chi connectivity index (χ4v) is 3.37. The first-order valence-electron chi connectivity index (χ1n) is 8.09. The Kier molecular flexibility index (Phi) is 5.32. The number of rotatable bonds is 4. The average Bonchev–Trinajstić information content (AvgIpc) is 2.98. The van der Waals surface area contributed by atoms with Gasteiger partial charge in [-0.3, -0.25) is 4.79 Å². The summed E-state index contributed by atoms with van der Waals surface area (Å²) in [5, 5.41) is 3.39. The molecule has 2 aromatic carbocycles. The smallest absolute Gasteiger partial charge is 0.264 e. The molecule has 0 radical (unpaired) electrons. The minimum absolute atomic E-state index is 0.177. The molecule has 0 bridgehead atoms. The molecule has 6 heteroatoms. The zero-order valence-electron chi connectivity index (χ0n) is 15.1. The van der Waals surface area contributed by atoms with Crippen LogP contribution in [-0.4, -0.2) is 25.3 Å². The first-order chi connectivity index (χ1) is 12.5. The zero-order chi connectivity index (χ0) is 18.7. The van der Waals surface area contributed by atoms with Gasteiger partial charge in [0.15, 0.2) is 5.17 Å². The molecule has 0 saturated carbocycles. The Morgan fingerprint density at radius 1 is 1.12 bits per heavy atom. The van der Waals surface area contributed by atoms with Crippen molar-refractivity contribution in [1.29, 1.82) is 0 Å². The topological polar surface area (TPSA) is 59.9 Å². The predicted octanol–water partition coefficient (Wildman–Crippen LogP) is 4.21. The molecule has 1 aliphatic heterocycles. The first kappa shape index (κ1) is 18.1. The lowest BCUT2D eigenvalue weighted by Crippen LogP contribution is -2.19. The molecule has 134 valence electrons. The van der Waals surface area contributed by atoms with Crippen molar-refractivity contribution in [2.75, 3.05) is 14.2 Å². The van der Waals surface area contributed by atoms with Gasteiger partial charge in [-0.05, 0) is 67.1 Å². The van der Waals surface area contributed by atoms with Crippen molar-refractivity contribution in [3.05, 3.63) is 58.0 Å². The van der Waals surface area contributed by atoms with Gasteiger partial charge in [-0.25, -0.2) is 4.99 Å². The number of amides is 1. The van der Waals surface area contributed by atoms with Gasteiger partial charge in [0.25, 0.3) is 5.91 Å². The van der Waals surface area contributed by atoms with E-state index in [-0.39, 0.29) is 5.91 Å². The van der Waals surface area contributed by atoms with Crippen molar-refractivity contribution >= 4 is 34.6 Å². The Morgan fingerprint density at radius 2 is 1.92 bits per heavy atom. The summed E-state index contributed by atoms with van der Waals surface area (Å²) in [5.41, 5.74) is 3.89. The number of ether oxygens (including phenoxy) is 2. The van der Waals surface area contributed by atoms with Crippen LogP contribution in [0, 0.1) is 13.8 Å². The fourth-order valence-electron chi connectivity index (χ4n) is 2.54. The van der Waals surface area contributed by atoms with Gasteiger partial charge in [-0.2, -0.15) is 0 Å². The number of amidine groups is 1. The Labute approximate surface area is 157 Å². The summed E-state index contributed by atoms with van der Waals surface area (Å²) in [6.07, 6.45) is 1.78. The number of aliphatic imine (C=N–C) groups is 1. The number of thioether (sulfide) groups is 1. The van der Waals surface area contributed by atoms with Crippen molar-refractivity contribution in [2.24, 2.45) is 4.99 Å². The van der Waals surface area contributed by atoms with Crippen LogP contribution in [0.5, 0.6) is 11.5 Å². The van der Waals surface area contributed by atoms with Crippen molar-refractivity contribution in [3.8, 4) is 11.5 Å².